The molecule has 3 fully saturated rings. The van der Waals surface area contributed by atoms with E-state index in [9.17, 15) is 14.4 Å². The first-order valence-electron chi connectivity index (χ1n) is 18.7. The molecule has 1 aromatic carbocycles. The molecule has 3 aliphatic rings. The van der Waals surface area contributed by atoms with E-state index in [1.807, 2.05) is 50.1 Å². The molecule has 0 radical (unpaired) electrons. The molecule has 3 aliphatic heterocycles. The summed E-state index contributed by atoms with van der Waals surface area (Å²) in [6.07, 6.45) is 4.06. The van der Waals surface area contributed by atoms with Crippen LogP contribution in [-0.2, 0) is 14.3 Å². The normalized spacial score (nSPS) is 20.1. The number of likely N-dealkylation sites (tertiary alicyclic amines) is 1. The molecule has 0 bridgehead atoms. The van der Waals surface area contributed by atoms with E-state index in [4.69, 9.17) is 24.2 Å². The summed E-state index contributed by atoms with van der Waals surface area (Å²) in [5.41, 5.74) is 2.52. The fourth-order valence-electron chi connectivity index (χ4n) is 7.59. The zero-order valence-electron chi connectivity index (χ0n) is 32.5. The molecule has 3 amide bonds. The average molecular weight is 730 g/mol. The number of amides is 3. The third-order valence-corrected chi connectivity index (χ3v) is 10.1. The van der Waals surface area contributed by atoms with Crippen molar-refractivity contribution in [3.05, 3.63) is 42.6 Å². The van der Waals surface area contributed by atoms with Gasteiger partial charge in [-0.1, -0.05) is 0 Å². The van der Waals surface area contributed by atoms with Crippen LogP contribution in [0.5, 0.6) is 5.75 Å². The molecule has 13 nitrogen and oxygen atoms in total. The molecule has 5 heterocycles. The van der Waals surface area contributed by atoms with Crippen LogP contribution in [0.25, 0.3) is 22.2 Å². The van der Waals surface area contributed by atoms with E-state index in [1.165, 1.54) is 0 Å². The number of aromatic nitrogens is 2. The van der Waals surface area contributed by atoms with Crippen LogP contribution < -0.4 is 19.9 Å². The number of nitrogens with one attached hydrogen (secondary N) is 1. The number of pyridine rings is 2. The number of rotatable bonds is 6. The number of ether oxygens (including phenoxy) is 3. The summed E-state index contributed by atoms with van der Waals surface area (Å²) in [5, 5.41) is 3.71. The van der Waals surface area contributed by atoms with Gasteiger partial charge in [0.15, 0.2) is 0 Å². The van der Waals surface area contributed by atoms with Crippen LogP contribution in [-0.4, -0.2) is 115 Å². The van der Waals surface area contributed by atoms with Crippen molar-refractivity contribution in [2.75, 3.05) is 69.3 Å². The number of piperidine rings is 1. The minimum Gasteiger partial charge on any atom is -0.497 e. The highest BCUT2D eigenvalue weighted by Crippen LogP contribution is 2.43. The number of fused-ring (bicyclic) bond motifs is 1. The molecule has 13 heteroatoms. The van der Waals surface area contributed by atoms with Gasteiger partial charge in [0.1, 0.15) is 28.8 Å². The summed E-state index contributed by atoms with van der Waals surface area (Å²) in [6.45, 7) is 18.2. The third kappa shape index (κ3) is 9.05. The van der Waals surface area contributed by atoms with E-state index in [1.54, 1.807) is 39.7 Å². The molecular weight excluding hydrogens is 674 g/mol. The van der Waals surface area contributed by atoms with Crippen molar-refractivity contribution in [2.24, 2.45) is 5.41 Å². The van der Waals surface area contributed by atoms with Crippen molar-refractivity contribution in [1.82, 2.24) is 25.1 Å². The molecule has 0 saturated carbocycles. The lowest BCUT2D eigenvalue weighted by Crippen LogP contribution is -2.54. The van der Waals surface area contributed by atoms with Crippen molar-refractivity contribution in [2.45, 2.75) is 85.0 Å². The highest BCUT2D eigenvalue weighted by atomic mass is 16.6. The Hall–Kier alpha value is -4.81. The van der Waals surface area contributed by atoms with Gasteiger partial charge in [0, 0.05) is 86.7 Å². The van der Waals surface area contributed by atoms with E-state index in [0.717, 1.165) is 78.3 Å². The maximum atomic E-state index is 13.1. The number of carbonyl (C=O) groups is 3. The van der Waals surface area contributed by atoms with Gasteiger partial charge in [0.2, 0.25) is 5.91 Å². The molecule has 3 saturated heterocycles. The minimum absolute atomic E-state index is 0.00185. The van der Waals surface area contributed by atoms with Gasteiger partial charge in [-0.3, -0.25) is 4.79 Å². The van der Waals surface area contributed by atoms with E-state index in [2.05, 4.69) is 33.3 Å². The standard InChI is InChI=1S/C40H55N7O6/c1-27(42-36(49)52-38(2,3)4)35(48)45-20-18-44(19-21-45)34-13-10-28(24-41-34)31-23-33(30-12-11-29(51-8)22-32(30)43-31)46-17-15-40(25-46)14-9-16-47(26-40)37(50)53-39(5,6)7/h10-13,22-24,27H,9,14-21,25-26H2,1-8H3,(H,42,49). The Kier molecular flexibility index (Phi) is 10.7. The Balaban J connectivity index is 1.15. The second kappa shape index (κ2) is 14.9. The summed E-state index contributed by atoms with van der Waals surface area (Å²) in [7, 11) is 1.66. The number of hydrogen-bond donors (Lipinski definition) is 1. The van der Waals surface area contributed by atoms with Crippen molar-refractivity contribution >= 4 is 40.5 Å². The number of methoxy groups -OCH3 is 1. The predicted molar refractivity (Wildman–Crippen MR) is 205 cm³/mol. The Bertz CT molecular complexity index is 1810. The number of piperazine rings is 1. The Morgan fingerprint density at radius 1 is 0.830 bits per heavy atom. The summed E-state index contributed by atoms with van der Waals surface area (Å²) in [4.78, 5) is 56.5. The van der Waals surface area contributed by atoms with Crippen molar-refractivity contribution in [3.63, 3.8) is 0 Å². The van der Waals surface area contributed by atoms with Gasteiger partial charge < -0.3 is 39.1 Å². The fraction of sp³-hybridized carbons (Fsp3) is 0.575. The van der Waals surface area contributed by atoms with Gasteiger partial charge in [-0.2, -0.15) is 0 Å². The smallest absolute Gasteiger partial charge is 0.410 e. The number of alkyl carbamates (subject to hydrolysis) is 1. The summed E-state index contributed by atoms with van der Waals surface area (Å²) < 4.78 is 16.6. The topological polar surface area (TPSA) is 130 Å². The van der Waals surface area contributed by atoms with Crippen LogP contribution in [0.3, 0.4) is 0 Å². The molecule has 6 rings (SSSR count). The van der Waals surface area contributed by atoms with Gasteiger partial charge in [0.25, 0.3) is 0 Å². The Labute approximate surface area is 312 Å². The maximum Gasteiger partial charge on any atom is 0.410 e. The number of anilines is 2. The maximum absolute atomic E-state index is 13.1. The van der Waals surface area contributed by atoms with Crippen LogP contribution in [0.1, 0.15) is 67.7 Å². The summed E-state index contributed by atoms with van der Waals surface area (Å²) in [6, 6.07) is 11.6. The molecule has 1 spiro atoms. The van der Waals surface area contributed by atoms with Crippen LogP contribution in [0.2, 0.25) is 0 Å². The van der Waals surface area contributed by atoms with Gasteiger partial charge in [-0.05, 0) is 98.1 Å². The largest absolute Gasteiger partial charge is 0.497 e. The molecule has 53 heavy (non-hydrogen) atoms. The quantitative estimate of drug-likeness (QED) is 0.318. The highest BCUT2D eigenvalue weighted by Gasteiger charge is 2.44. The molecule has 0 aliphatic carbocycles. The summed E-state index contributed by atoms with van der Waals surface area (Å²) >= 11 is 0. The van der Waals surface area contributed by atoms with E-state index in [-0.39, 0.29) is 17.4 Å². The van der Waals surface area contributed by atoms with E-state index < -0.39 is 23.3 Å². The third-order valence-electron chi connectivity index (χ3n) is 10.1. The Morgan fingerprint density at radius 2 is 1.57 bits per heavy atom. The lowest BCUT2D eigenvalue weighted by atomic mass is 9.79. The SMILES string of the molecule is COc1ccc2c(N3CCC4(CCCN(C(=O)OC(C)(C)C)C4)C3)cc(-c3ccc(N4CCN(C(=O)C(C)NC(=O)OC(C)(C)C)CC4)nc3)nc2c1. The van der Waals surface area contributed by atoms with Gasteiger partial charge in [-0.25, -0.2) is 19.6 Å². The molecule has 286 valence electrons. The molecule has 1 N–H and O–H groups in total. The predicted octanol–water partition coefficient (Wildman–Crippen LogP) is 6.09. The second-order valence-corrected chi connectivity index (χ2v) is 16.7. The first kappa shape index (κ1) is 37.9. The Morgan fingerprint density at radius 3 is 2.23 bits per heavy atom. The number of carbonyl (C=O) groups excluding carboxylic acids is 3. The van der Waals surface area contributed by atoms with Crippen LogP contribution in [0.4, 0.5) is 21.1 Å². The van der Waals surface area contributed by atoms with Gasteiger partial charge in [0.05, 0.1) is 18.3 Å². The second-order valence-electron chi connectivity index (χ2n) is 16.7. The van der Waals surface area contributed by atoms with Crippen LogP contribution >= 0.6 is 0 Å². The molecule has 2 aromatic heterocycles. The molecule has 2 unspecified atom stereocenters. The average Bonchev–Trinajstić information content (AvgIpc) is 3.51. The monoisotopic (exact) mass is 729 g/mol. The minimum atomic E-state index is -0.686. The summed E-state index contributed by atoms with van der Waals surface area (Å²) in [5.74, 6) is 1.44. The van der Waals surface area contributed by atoms with Gasteiger partial charge >= 0.3 is 12.2 Å². The number of hydrogen-bond acceptors (Lipinski definition) is 10. The van der Waals surface area contributed by atoms with Crippen LogP contribution in [0.15, 0.2) is 42.6 Å². The molecule has 3 aromatic rings. The van der Waals surface area contributed by atoms with Crippen molar-refractivity contribution in [3.8, 4) is 17.0 Å². The van der Waals surface area contributed by atoms with Gasteiger partial charge in [-0.15, -0.1) is 0 Å². The number of benzene rings is 1. The molecular formula is C40H55N7O6. The fourth-order valence-corrected chi connectivity index (χ4v) is 7.59. The lowest BCUT2D eigenvalue weighted by molar-refractivity contribution is -0.133. The van der Waals surface area contributed by atoms with Crippen molar-refractivity contribution < 1.29 is 28.6 Å². The van der Waals surface area contributed by atoms with Crippen molar-refractivity contribution in [1.29, 1.82) is 0 Å². The van der Waals surface area contributed by atoms with E-state index >= 15 is 0 Å². The zero-order chi connectivity index (χ0) is 38.1. The zero-order valence-corrected chi connectivity index (χ0v) is 32.5. The van der Waals surface area contributed by atoms with Crippen LogP contribution in [0, 0.1) is 5.41 Å². The first-order valence-corrected chi connectivity index (χ1v) is 18.7. The molecule has 2 atom stereocenters. The number of nitrogens with zero attached hydrogens (tertiary/aromatic N) is 6. The highest BCUT2D eigenvalue weighted by molar-refractivity contribution is 5.95. The first-order chi connectivity index (χ1) is 25.0. The van der Waals surface area contributed by atoms with E-state index in [0.29, 0.717) is 32.7 Å². The lowest BCUT2D eigenvalue weighted by Gasteiger charge is -2.40.